The van der Waals surface area contributed by atoms with E-state index in [1.54, 1.807) is 0 Å². The van der Waals surface area contributed by atoms with Crippen molar-refractivity contribution in [2.45, 2.75) is 63.6 Å². The highest BCUT2D eigenvalue weighted by Gasteiger charge is 2.24. The number of hydrogen-bond donors (Lipinski definition) is 2. The maximum Gasteiger partial charge on any atom is 0.253 e. The smallest absolute Gasteiger partial charge is 0.253 e. The molecule has 1 aromatic carbocycles. The number of benzene rings is 1. The number of nitrogens with one attached hydrogen (secondary N) is 2. The maximum absolute atomic E-state index is 12.9. The Labute approximate surface area is 193 Å². The third-order valence-electron chi connectivity index (χ3n) is 6.61. The second-order valence-electron chi connectivity index (χ2n) is 9.01. The topological polar surface area (TPSA) is 75.8 Å². The number of hydrogen-bond acceptors (Lipinski definition) is 5. The van der Waals surface area contributed by atoms with E-state index in [2.05, 4.69) is 15.2 Å². The van der Waals surface area contributed by atoms with Crippen molar-refractivity contribution in [3.05, 3.63) is 34.1 Å². The molecule has 2 aliphatic heterocycles. The first kappa shape index (κ1) is 21.5. The van der Waals surface area contributed by atoms with Crippen LogP contribution < -0.4 is 20.3 Å². The predicted molar refractivity (Wildman–Crippen MR) is 128 cm³/mol. The van der Waals surface area contributed by atoms with E-state index < -0.39 is 0 Å². The Bertz CT molecular complexity index is 1030. The van der Waals surface area contributed by atoms with E-state index in [1.165, 1.54) is 19.3 Å². The zero-order valence-corrected chi connectivity index (χ0v) is 19.2. The second kappa shape index (κ2) is 9.67. The maximum atomic E-state index is 12.9. The molecule has 2 fully saturated rings. The zero-order chi connectivity index (χ0) is 21.9. The first-order valence-corrected chi connectivity index (χ1v) is 12.2. The van der Waals surface area contributed by atoms with Crippen LogP contribution in [0, 0.1) is 0 Å². The standard InChI is InChI=1S/C24H31N3O4S/c28-23-17(11-16-12-21-22(13-20(16)26-23)31-10-9-30-21)14-27(15-19-7-4-8-29-19)24(32)25-18-5-2-1-3-6-18/h11-13,18-19H,1-10,14-15H2,(H,25,32)(H,26,28)/t19-/m1/s1. The number of ether oxygens (including phenoxy) is 3. The van der Waals surface area contributed by atoms with Crippen LogP contribution in [0.4, 0.5) is 0 Å². The van der Waals surface area contributed by atoms with Crippen molar-refractivity contribution in [2.75, 3.05) is 26.4 Å². The van der Waals surface area contributed by atoms with Gasteiger partial charge in [-0.25, -0.2) is 0 Å². The molecule has 0 spiro atoms. The molecule has 7 nitrogen and oxygen atoms in total. The average Bonchev–Trinajstić information content (AvgIpc) is 3.32. The second-order valence-corrected chi connectivity index (χ2v) is 9.39. The Morgan fingerprint density at radius 2 is 1.81 bits per heavy atom. The van der Waals surface area contributed by atoms with Gasteiger partial charge in [0.15, 0.2) is 16.6 Å². The lowest BCUT2D eigenvalue weighted by Gasteiger charge is -2.32. The lowest BCUT2D eigenvalue weighted by molar-refractivity contribution is 0.0894. The Morgan fingerprint density at radius 3 is 2.56 bits per heavy atom. The predicted octanol–water partition coefficient (Wildman–Crippen LogP) is 3.49. The van der Waals surface area contributed by atoms with Gasteiger partial charge in [-0.1, -0.05) is 19.3 Å². The number of fused-ring (bicyclic) bond motifs is 2. The van der Waals surface area contributed by atoms with Crippen LogP contribution in [-0.2, 0) is 11.3 Å². The van der Waals surface area contributed by atoms with Crippen LogP contribution in [0.15, 0.2) is 23.0 Å². The molecule has 2 N–H and O–H groups in total. The van der Waals surface area contributed by atoms with E-state index in [0.717, 1.165) is 43.2 Å². The van der Waals surface area contributed by atoms with Crippen LogP contribution in [0.25, 0.3) is 10.9 Å². The van der Waals surface area contributed by atoms with Crippen molar-refractivity contribution in [3.63, 3.8) is 0 Å². The van der Waals surface area contributed by atoms with Gasteiger partial charge in [0.05, 0.1) is 18.2 Å². The summed E-state index contributed by atoms with van der Waals surface area (Å²) in [4.78, 5) is 18.1. The van der Waals surface area contributed by atoms with Crippen LogP contribution in [-0.4, -0.2) is 53.5 Å². The van der Waals surface area contributed by atoms with Crippen LogP contribution in [0.3, 0.4) is 0 Å². The van der Waals surface area contributed by atoms with Crippen LogP contribution in [0.1, 0.15) is 50.5 Å². The molecule has 172 valence electrons. The molecule has 0 bridgehead atoms. The highest BCUT2D eigenvalue weighted by atomic mass is 32.1. The quantitative estimate of drug-likeness (QED) is 0.666. The molecule has 0 radical (unpaired) electrons. The fourth-order valence-corrected chi connectivity index (χ4v) is 5.18. The highest BCUT2D eigenvalue weighted by molar-refractivity contribution is 7.80. The summed E-state index contributed by atoms with van der Waals surface area (Å²) in [7, 11) is 0. The summed E-state index contributed by atoms with van der Waals surface area (Å²) in [5.41, 5.74) is 1.32. The molecule has 1 saturated heterocycles. The van der Waals surface area contributed by atoms with Gasteiger partial charge in [-0.05, 0) is 50.0 Å². The van der Waals surface area contributed by atoms with Crippen LogP contribution in [0.2, 0.25) is 0 Å². The monoisotopic (exact) mass is 457 g/mol. The van der Waals surface area contributed by atoms with Crippen LogP contribution >= 0.6 is 12.2 Å². The Balaban J connectivity index is 1.39. The van der Waals surface area contributed by atoms with Gasteiger partial charge in [0, 0.05) is 36.2 Å². The lowest BCUT2D eigenvalue weighted by atomic mass is 9.96. The summed E-state index contributed by atoms with van der Waals surface area (Å²) in [5, 5.41) is 5.20. The van der Waals surface area contributed by atoms with E-state index in [4.69, 9.17) is 26.4 Å². The van der Waals surface area contributed by atoms with Crippen molar-refractivity contribution < 1.29 is 14.2 Å². The third kappa shape index (κ3) is 4.86. The summed E-state index contributed by atoms with van der Waals surface area (Å²) in [6, 6.07) is 6.14. The molecule has 1 aromatic heterocycles. The largest absolute Gasteiger partial charge is 0.486 e. The molecular weight excluding hydrogens is 426 g/mol. The van der Waals surface area contributed by atoms with Crippen molar-refractivity contribution in [3.8, 4) is 11.5 Å². The first-order valence-electron chi connectivity index (χ1n) is 11.8. The van der Waals surface area contributed by atoms with Gasteiger partial charge in [-0.3, -0.25) is 4.79 Å². The van der Waals surface area contributed by atoms with Crippen LogP contribution in [0.5, 0.6) is 11.5 Å². The van der Waals surface area contributed by atoms with Gasteiger partial charge in [0.1, 0.15) is 13.2 Å². The molecule has 1 atom stereocenters. The summed E-state index contributed by atoms with van der Waals surface area (Å²) in [6.45, 7) is 2.98. The number of aromatic nitrogens is 1. The minimum Gasteiger partial charge on any atom is -0.486 e. The minimum atomic E-state index is -0.105. The van der Waals surface area contributed by atoms with Gasteiger partial charge in [0.25, 0.3) is 5.56 Å². The summed E-state index contributed by atoms with van der Waals surface area (Å²) in [6.07, 6.45) is 8.34. The van der Waals surface area contributed by atoms with E-state index >= 15 is 0 Å². The van der Waals surface area contributed by atoms with E-state index in [1.807, 2.05) is 18.2 Å². The van der Waals surface area contributed by atoms with Gasteiger partial charge >= 0.3 is 0 Å². The Hall–Kier alpha value is -2.32. The van der Waals surface area contributed by atoms with Gasteiger partial charge in [0.2, 0.25) is 0 Å². The summed E-state index contributed by atoms with van der Waals surface area (Å²) >= 11 is 5.82. The molecule has 0 amide bonds. The fourth-order valence-electron chi connectivity index (χ4n) is 4.88. The van der Waals surface area contributed by atoms with E-state index in [0.29, 0.717) is 54.5 Å². The number of pyridine rings is 1. The Kier molecular flexibility index (Phi) is 6.50. The minimum absolute atomic E-state index is 0.105. The summed E-state index contributed by atoms with van der Waals surface area (Å²) < 4.78 is 17.2. The van der Waals surface area contributed by atoms with Gasteiger partial charge in [-0.2, -0.15) is 0 Å². The first-order chi connectivity index (χ1) is 15.7. The average molecular weight is 458 g/mol. The molecule has 1 saturated carbocycles. The molecule has 2 aromatic rings. The fraction of sp³-hybridized carbons (Fsp3) is 0.583. The molecule has 32 heavy (non-hydrogen) atoms. The van der Waals surface area contributed by atoms with Crippen molar-refractivity contribution in [1.29, 1.82) is 0 Å². The molecule has 3 aliphatic rings. The SMILES string of the molecule is O=c1[nH]c2cc3c(cc2cc1CN(C[C@H]1CCCO1)C(=S)NC1CCCCC1)OCCO3. The third-order valence-corrected chi connectivity index (χ3v) is 6.99. The number of H-pyrrole nitrogens is 1. The normalized spacial score (nSPS) is 20.9. The van der Waals surface area contributed by atoms with Crippen molar-refractivity contribution in [2.24, 2.45) is 0 Å². The molecule has 5 rings (SSSR count). The van der Waals surface area contributed by atoms with E-state index in [9.17, 15) is 4.79 Å². The lowest BCUT2D eigenvalue weighted by Crippen LogP contribution is -2.47. The summed E-state index contributed by atoms with van der Waals surface area (Å²) in [5.74, 6) is 1.39. The van der Waals surface area contributed by atoms with Crippen molar-refractivity contribution >= 4 is 28.2 Å². The van der Waals surface area contributed by atoms with Gasteiger partial charge < -0.3 is 29.4 Å². The molecule has 8 heteroatoms. The molecule has 3 heterocycles. The Morgan fingerprint density at radius 1 is 1.03 bits per heavy atom. The molecular formula is C24H31N3O4S. The van der Waals surface area contributed by atoms with E-state index in [-0.39, 0.29) is 11.7 Å². The molecule has 0 unspecified atom stereocenters. The highest BCUT2D eigenvalue weighted by Crippen LogP contribution is 2.33. The zero-order valence-electron chi connectivity index (χ0n) is 18.4. The number of nitrogens with zero attached hydrogens (tertiary/aromatic N) is 1. The van der Waals surface area contributed by atoms with Crippen molar-refractivity contribution in [1.82, 2.24) is 15.2 Å². The number of thiocarbonyl (C=S) groups is 1. The molecule has 1 aliphatic carbocycles. The number of aromatic amines is 1. The number of rotatable bonds is 5. The van der Waals surface area contributed by atoms with Gasteiger partial charge in [-0.15, -0.1) is 0 Å².